The van der Waals surface area contributed by atoms with E-state index in [1.807, 2.05) is 24.3 Å². The highest BCUT2D eigenvalue weighted by Gasteiger charge is 2.21. The van der Waals surface area contributed by atoms with E-state index < -0.39 is 0 Å². The highest BCUT2D eigenvalue weighted by molar-refractivity contribution is 7.98. The molecule has 0 radical (unpaired) electrons. The van der Waals surface area contributed by atoms with Crippen molar-refractivity contribution < 1.29 is 4.74 Å². The largest absolute Gasteiger partial charge is 0.383 e. The van der Waals surface area contributed by atoms with Gasteiger partial charge in [-0.25, -0.2) is 4.98 Å². The number of nitrogens with zero attached hydrogens (tertiary/aromatic N) is 4. The molecule has 0 unspecified atom stereocenters. The predicted molar refractivity (Wildman–Crippen MR) is 120 cm³/mol. The summed E-state index contributed by atoms with van der Waals surface area (Å²) in [5.41, 5.74) is 10.3. The van der Waals surface area contributed by atoms with E-state index in [1.54, 1.807) is 12.4 Å². The molecule has 2 N–H and O–H groups in total. The molecule has 0 amide bonds. The molecule has 1 aliphatic rings. The van der Waals surface area contributed by atoms with E-state index in [9.17, 15) is 10.5 Å². The Morgan fingerprint density at radius 1 is 1.06 bits per heavy atom. The lowest BCUT2D eigenvalue weighted by Gasteiger charge is -2.22. The van der Waals surface area contributed by atoms with Gasteiger partial charge in [-0.2, -0.15) is 10.5 Å². The minimum atomic E-state index is 0.138. The molecule has 1 aromatic carbocycles. The zero-order valence-electron chi connectivity index (χ0n) is 16.9. The Balaban J connectivity index is 1.71. The molecule has 0 atom stereocenters. The lowest BCUT2D eigenvalue weighted by Crippen LogP contribution is -2.13. The minimum absolute atomic E-state index is 0.138. The van der Waals surface area contributed by atoms with Crippen molar-refractivity contribution in [2.45, 2.75) is 29.5 Å². The van der Waals surface area contributed by atoms with Crippen LogP contribution < -0.4 is 5.73 Å². The Morgan fingerprint density at radius 3 is 2.45 bits per heavy atom. The maximum absolute atomic E-state index is 9.95. The minimum Gasteiger partial charge on any atom is -0.383 e. The summed E-state index contributed by atoms with van der Waals surface area (Å²) in [4.78, 5) is 8.49. The number of anilines is 1. The van der Waals surface area contributed by atoms with E-state index in [4.69, 9.17) is 10.5 Å². The average Bonchev–Trinajstić information content (AvgIpc) is 2.83. The normalized spacial score (nSPS) is 14.0. The summed E-state index contributed by atoms with van der Waals surface area (Å²) in [5, 5.41) is 20.2. The second kappa shape index (κ2) is 9.61. The summed E-state index contributed by atoms with van der Waals surface area (Å²) in [5.74, 6) is 1.21. The second-order valence-electron chi connectivity index (χ2n) is 7.31. The average molecular weight is 428 g/mol. The molecule has 4 rings (SSSR count). The summed E-state index contributed by atoms with van der Waals surface area (Å²) in [6, 6.07) is 16.3. The van der Waals surface area contributed by atoms with Crippen LogP contribution in [0.1, 0.15) is 41.0 Å². The summed E-state index contributed by atoms with van der Waals surface area (Å²) >= 11 is 1.42. The number of ether oxygens (including phenoxy) is 1. The SMILES string of the molecule is N#Cc1c(N)nc(SCc2cccnc2)c(C#N)c1-c1ccc(C2CCOCC2)cc1. The molecule has 7 heteroatoms. The van der Waals surface area contributed by atoms with Gasteiger partial charge in [0.25, 0.3) is 0 Å². The van der Waals surface area contributed by atoms with E-state index in [1.165, 1.54) is 17.3 Å². The molecular formula is C24H21N5OS. The zero-order valence-corrected chi connectivity index (χ0v) is 17.7. The molecule has 0 bridgehead atoms. The fourth-order valence-corrected chi connectivity index (χ4v) is 4.71. The molecule has 1 fully saturated rings. The molecular weight excluding hydrogens is 406 g/mol. The predicted octanol–water partition coefficient (Wildman–Crippen LogP) is 4.66. The number of nitrogens with two attached hydrogens (primary N) is 1. The van der Waals surface area contributed by atoms with E-state index in [0.29, 0.717) is 27.8 Å². The third-order valence-electron chi connectivity index (χ3n) is 5.41. The third-order valence-corrected chi connectivity index (χ3v) is 6.45. The van der Waals surface area contributed by atoms with Crippen LogP contribution >= 0.6 is 11.8 Å². The summed E-state index contributed by atoms with van der Waals surface area (Å²) in [6.45, 7) is 1.56. The molecule has 6 nitrogen and oxygen atoms in total. The number of nitrogen functional groups attached to an aromatic ring is 1. The van der Waals surface area contributed by atoms with E-state index in [-0.39, 0.29) is 11.4 Å². The summed E-state index contributed by atoms with van der Waals surface area (Å²) in [7, 11) is 0. The Kier molecular flexibility index (Phi) is 6.47. The summed E-state index contributed by atoms with van der Waals surface area (Å²) < 4.78 is 5.46. The molecule has 1 saturated heterocycles. The highest BCUT2D eigenvalue weighted by Crippen LogP contribution is 2.37. The number of aromatic nitrogens is 2. The molecule has 31 heavy (non-hydrogen) atoms. The van der Waals surface area contributed by atoms with Crippen LogP contribution in [-0.2, 0) is 10.5 Å². The van der Waals surface area contributed by atoms with Crippen LogP contribution in [0.4, 0.5) is 5.82 Å². The lowest BCUT2D eigenvalue weighted by atomic mass is 9.89. The smallest absolute Gasteiger partial charge is 0.143 e. The third kappa shape index (κ3) is 4.54. The number of hydrogen-bond donors (Lipinski definition) is 1. The van der Waals surface area contributed by atoms with Crippen molar-refractivity contribution in [3.05, 3.63) is 71.0 Å². The number of benzene rings is 1. The lowest BCUT2D eigenvalue weighted by molar-refractivity contribution is 0.0853. The number of rotatable bonds is 5. The topological polar surface area (TPSA) is 109 Å². The van der Waals surface area contributed by atoms with Crippen molar-refractivity contribution in [2.24, 2.45) is 0 Å². The van der Waals surface area contributed by atoms with Gasteiger partial charge in [0.1, 0.15) is 28.5 Å². The van der Waals surface area contributed by atoms with Gasteiger partial charge in [-0.05, 0) is 41.5 Å². The molecule has 0 aliphatic carbocycles. The maximum atomic E-state index is 9.95. The monoisotopic (exact) mass is 427 g/mol. The molecule has 154 valence electrons. The van der Waals surface area contributed by atoms with Crippen LogP contribution in [0.2, 0.25) is 0 Å². The highest BCUT2D eigenvalue weighted by atomic mass is 32.2. The van der Waals surface area contributed by atoms with Crippen molar-refractivity contribution in [2.75, 3.05) is 18.9 Å². The van der Waals surface area contributed by atoms with Crippen molar-refractivity contribution in [1.82, 2.24) is 9.97 Å². The van der Waals surface area contributed by atoms with Crippen LogP contribution in [0.25, 0.3) is 11.1 Å². The van der Waals surface area contributed by atoms with E-state index in [0.717, 1.165) is 37.2 Å². The fourth-order valence-electron chi connectivity index (χ4n) is 3.78. The number of pyridine rings is 2. The first kappa shape index (κ1) is 20.9. The fraction of sp³-hybridized carbons (Fsp3) is 0.250. The van der Waals surface area contributed by atoms with Gasteiger partial charge in [-0.1, -0.05) is 30.3 Å². The van der Waals surface area contributed by atoms with Crippen LogP contribution in [0.5, 0.6) is 0 Å². The van der Waals surface area contributed by atoms with Gasteiger partial charge in [0, 0.05) is 36.9 Å². The molecule has 3 aromatic rings. The van der Waals surface area contributed by atoms with E-state index in [2.05, 4.69) is 34.2 Å². The van der Waals surface area contributed by atoms with Gasteiger partial charge in [0.15, 0.2) is 0 Å². The first-order valence-corrected chi connectivity index (χ1v) is 11.0. The number of thioether (sulfide) groups is 1. The Bertz CT molecular complexity index is 1140. The Hall–Kier alpha value is -3.39. The molecule has 0 saturated carbocycles. The molecule has 2 aromatic heterocycles. The molecule has 0 spiro atoms. The van der Waals surface area contributed by atoms with Crippen molar-refractivity contribution in [1.29, 1.82) is 10.5 Å². The van der Waals surface area contributed by atoms with Crippen LogP contribution in [0.3, 0.4) is 0 Å². The van der Waals surface area contributed by atoms with Gasteiger partial charge in [0.2, 0.25) is 0 Å². The Morgan fingerprint density at radius 2 is 1.81 bits per heavy atom. The van der Waals surface area contributed by atoms with Crippen molar-refractivity contribution >= 4 is 17.6 Å². The molecule has 3 heterocycles. The first-order valence-electron chi connectivity index (χ1n) is 10.0. The van der Waals surface area contributed by atoms with Gasteiger partial charge in [-0.15, -0.1) is 11.8 Å². The van der Waals surface area contributed by atoms with Crippen molar-refractivity contribution in [3.63, 3.8) is 0 Å². The van der Waals surface area contributed by atoms with Crippen molar-refractivity contribution in [3.8, 4) is 23.3 Å². The Labute approximate surface area is 185 Å². The number of nitriles is 2. The maximum Gasteiger partial charge on any atom is 0.143 e. The summed E-state index contributed by atoms with van der Waals surface area (Å²) in [6.07, 6.45) is 5.50. The van der Waals surface area contributed by atoms with Crippen LogP contribution in [0.15, 0.2) is 53.8 Å². The quantitative estimate of drug-likeness (QED) is 0.590. The standard InChI is InChI=1S/C24H21N5OS/c25-12-20-22(19-5-3-17(4-6-19)18-7-10-30-11-8-18)21(13-26)24(29-23(20)27)31-15-16-2-1-9-28-14-16/h1-6,9,14,18H,7-8,10-11,15H2,(H2,27,29). The van der Waals surface area contributed by atoms with Crippen LogP contribution in [0, 0.1) is 22.7 Å². The first-order chi connectivity index (χ1) is 15.2. The van der Waals surface area contributed by atoms with Gasteiger partial charge in [-0.3, -0.25) is 4.98 Å². The van der Waals surface area contributed by atoms with Gasteiger partial charge >= 0.3 is 0 Å². The van der Waals surface area contributed by atoms with E-state index >= 15 is 0 Å². The van der Waals surface area contributed by atoms with Gasteiger partial charge < -0.3 is 10.5 Å². The second-order valence-corrected chi connectivity index (χ2v) is 8.27. The number of hydrogen-bond acceptors (Lipinski definition) is 7. The van der Waals surface area contributed by atoms with Crippen LogP contribution in [-0.4, -0.2) is 23.2 Å². The zero-order chi connectivity index (χ0) is 21.6. The van der Waals surface area contributed by atoms with Gasteiger partial charge in [0.05, 0.1) is 5.56 Å². The molecule has 1 aliphatic heterocycles.